The Morgan fingerprint density at radius 3 is 2.44 bits per heavy atom. The molecule has 0 aliphatic rings. The first kappa shape index (κ1) is 12.9. The van der Waals surface area contributed by atoms with Crippen molar-refractivity contribution in [3.05, 3.63) is 34.4 Å². The summed E-state index contributed by atoms with van der Waals surface area (Å²) in [5.74, 6) is 0.107. The molecule has 0 aliphatic heterocycles. The van der Waals surface area contributed by atoms with Gasteiger partial charge in [-0.2, -0.15) is 5.10 Å². The highest BCUT2D eigenvalue weighted by atomic mass is 79.9. The van der Waals surface area contributed by atoms with Crippen LogP contribution in [-0.4, -0.2) is 18.6 Å². The van der Waals surface area contributed by atoms with E-state index in [1.165, 1.54) is 12.1 Å². The van der Waals surface area contributed by atoms with Gasteiger partial charge in [0.05, 0.1) is 16.3 Å². The molecule has 0 fully saturated rings. The third kappa shape index (κ3) is 2.49. The number of sulfonamides is 1. The number of nitrogens with one attached hydrogen (secondary N) is 2. The standard InChI is InChI=1S/C10H11BrN4O2S/c1-6-9(12)10(14-13-6)15-18(16,17)8-4-2-7(11)3-5-8/h2-5H,12H2,1H3,(H2,13,14,15). The summed E-state index contributed by atoms with van der Waals surface area (Å²) < 4.78 is 27.2. The average molecular weight is 331 g/mol. The fraction of sp³-hybridized carbons (Fsp3) is 0.100. The van der Waals surface area contributed by atoms with E-state index in [4.69, 9.17) is 5.73 Å². The lowest BCUT2D eigenvalue weighted by Crippen LogP contribution is -2.14. The van der Waals surface area contributed by atoms with E-state index >= 15 is 0 Å². The molecule has 1 aromatic heterocycles. The van der Waals surface area contributed by atoms with Gasteiger partial charge < -0.3 is 5.73 Å². The van der Waals surface area contributed by atoms with Crippen molar-refractivity contribution >= 4 is 37.5 Å². The number of benzene rings is 1. The Morgan fingerprint density at radius 1 is 1.33 bits per heavy atom. The molecule has 0 saturated heterocycles. The Morgan fingerprint density at radius 2 is 1.94 bits per heavy atom. The number of nitrogen functional groups attached to an aromatic ring is 1. The van der Waals surface area contributed by atoms with E-state index in [2.05, 4.69) is 30.8 Å². The summed E-state index contributed by atoms with van der Waals surface area (Å²) in [6.07, 6.45) is 0. The number of aromatic nitrogens is 2. The van der Waals surface area contributed by atoms with Crippen molar-refractivity contribution < 1.29 is 8.42 Å². The average Bonchev–Trinajstić information content (AvgIpc) is 2.61. The largest absolute Gasteiger partial charge is 0.394 e. The second-order valence-corrected chi connectivity index (χ2v) is 6.27. The van der Waals surface area contributed by atoms with Crippen LogP contribution >= 0.6 is 15.9 Å². The highest BCUT2D eigenvalue weighted by Crippen LogP contribution is 2.22. The molecule has 1 heterocycles. The van der Waals surface area contributed by atoms with Gasteiger partial charge in [0, 0.05) is 4.47 Å². The zero-order valence-corrected chi connectivity index (χ0v) is 11.8. The summed E-state index contributed by atoms with van der Waals surface area (Å²) >= 11 is 3.24. The molecule has 0 bridgehead atoms. The molecule has 2 aromatic rings. The Labute approximate surface area is 113 Å². The zero-order valence-electron chi connectivity index (χ0n) is 9.44. The number of rotatable bonds is 3. The number of hydrogen-bond donors (Lipinski definition) is 3. The normalized spacial score (nSPS) is 11.4. The number of halogens is 1. The lowest BCUT2D eigenvalue weighted by atomic mass is 10.4. The van der Waals surface area contributed by atoms with Gasteiger partial charge in [-0.15, -0.1) is 0 Å². The summed E-state index contributed by atoms with van der Waals surface area (Å²) in [7, 11) is -3.67. The first-order valence-corrected chi connectivity index (χ1v) is 7.26. The van der Waals surface area contributed by atoms with Crippen molar-refractivity contribution in [3.8, 4) is 0 Å². The number of nitrogens with two attached hydrogens (primary N) is 1. The number of aromatic amines is 1. The summed E-state index contributed by atoms with van der Waals surface area (Å²) in [5.41, 5.74) is 6.59. The molecule has 0 amide bonds. The van der Waals surface area contributed by atoms with Gasteiger partial charge in [0.2, 0.25) is 0 Å². The van der Waals surface area contributed by atoms with Crippen LogP contribution in [0.25, 0.3) is 0 Å². The van der Waals surface area contributed by atoms with E-state index in [9.17, 15) is 8.42 Å². The summed E-state index contributed by atoms with van der Waals surface area (Å²) in [4.78, 5) is 0.144. The number of anilines is 2. The van der Waals surface area contributed by atoms with Crippen LogP contribution in [0.2, 0.25) is 0 Å². The quantitative estimate of drug-likeness (QED) is 0.799. The maximum atomic E-state index is 12.0. The second kappa shape index (κ2) is 4.62. The van der Waals surface area contributed by atoms with Crippen LogP contribution in [0.3, 0.4) is 0 Å². The molecular formula is C10H11BrN4O2S. The molecule has 0 radical (unpaired) electrons. The van der Waals surface area contributed by atoms with Gasteiger partial charge in [0.1, 0.15) is 0 Å². The summed E-state index contributed by atoms with van der Waals surface area (Å²) in [6, 6.07) is 6.27. The lowest BCUT2D eigenvalue weighted by molar-refractivity contribution is 0.601. The highest BCUT2D eigenvalue weighted by molar-refractivity contribution is 9.10. The van der Waals surface area contributed by atoms with E-state index in [1.54, 1.807) is 19.1 Å². The molecule has 18 heavy (non-hydrogen) atoms. The van der Waals surface area contributed by atoms with E-state index in [-0.39, 0.29) is 16.4 Å². The molecule has 1 aromatic carbocycles. The zero-order chi connectivity index (χ0) is 13.3. The van der Waals surface area contributed by atoms with Gasteiger partial charge in [-0.1, -0.05) is 15.9 Å². The monoisotopic (exact) mass is 330 g/mol. The minimum absolute atomic E-state index is 0.107. The lowest BCUT2D eigenvalue weighted by Gasteiger charge is -2.06. The predicted molar refractivity (Wildman–Crippen MR) is 72.7 cm³/mol. The van der Waals surface area contributed by atoms with Crippen LogP contribution in [0.4, 0.5) is 11.5 Å². The molecule has 0 atom stereocenters. The van der Waals surface area contributed by atoms with Crippen LogP contribution < -0.4 is 10.5 Å². The van der Waals surface area contributed by atoms with Gasteiger partial charge in [-0.3, -0.25) is 9.82 Å². The summed E-state index contributed by atoms with van der Waals surface area (Å²) in [5, 5.41) is 6.40. The van der Waals surface area contributed by atoms with Gasteiger partial charge in [0.25, 0.3) is 10.0 Å². The molecule has 8 heteroatoms. The van der Waals surface area contributed by atoms with Crippen molar-refractivity contribution in [2.45, 2.75) is 11.8 Å². The van der Waals surface area contributed by atoms with Crippen LogP contribution in [0.15, 0.2) is 33.6 Å². The topological polar surface area (TPSA) is 101 Å². The molecule has 0 saturated carbocycles. The first-order chi connectivity index (χ1) is 8.40. The van der Waals surface area contributed by atoms with E-state index in [1.807, 2.05) is 0 Å². The van der Waals surface area contributed by atoms with E-state index in [0.29, 0.717) is 5.69 Å². The highest BCUT2D eigenvalue weighted by Gasteiger charge is 2.17. The molecule has 2 rings (SSSR count). The minimum Gasteiger partial charge on any atom is -0.394 e. The molecule has 0 aliphatic carbocycles. The van der Waals surface area contributed by atoms with Crippen molar-refractivity contribution in [3.63, 3.8) is 0 Å². The van der Waals surface area contributed by atoms with Gasteiger partial charge >= 0.3 is 0 Å². The van der Waals surface area contributed by atoms with Gasteiger partial charge in [-0.25, -0.2) is 8.42 Å². The van der Waals surface area contributed by atoms with Gasteiger partial charge in [-0.05, 0) is 31.2 Å². The minimum atomic E-state index is -3.67. The smallest absolute Gasteiger partial charge is 0.263 e. The maximum absolute atomic E-state index is 12.0. The second-order valence-electron chi connectivity index (χ2n) is 3.67. The van der Waals surface area contributed by atoms with Crippen molar-refractivity contribution in [1.29, 1.82) is 0 Å². The van der Waals surface area contributed by atoms with Crippen LogP contribution in [0.5, 0.6) is 0 Å². The number of aryl methyl sites for hydroxylation is 1. The Balaban J connectivity index is 2.33. The van der Waals surface area contributed by atoms with E-state index < -0.39 is 10.0 Å². The fourth-order valence-corrected chi connectivity index (χ4v) is 2.60. The van der Waals surface area contributed by atoms with Crippen molar-refractivity contribution in [2.75, 3.05) is 10.5 Å². The molecule has 0 unspecified atom stereocenters. The predicted octanol–water partition coefficient (Wildman–Crippen LogP) is 1.86. The third-order valence-electron chi connectivity index (χ3n) is 2.35. The molecule has 0 spiro atoms. The SMILES string of the molecule is Cc1[nH]nc(NS(=O)(=O)c2ccc(Br)cc2)c1N. The van der Waals surface area contributed by atoms with Crippen LogP contribution in [0.1, 0.15) is 5.69 Å². The Hall–Kier alpha value is -1.54. The summed E-state index contributed by atoms with van der Waals surface area (Å²) in [6.45, 7) is 1.71. The maximum Gasteiger partial charge on any atom is 0.263 e. The molecular weight excluding hydrogens is 320 g/mol. The number of H-pyrrole nitrogens is 1. The first-order valence-electron chi connectivity index (χ1n) is 4.99. The third-order valence-corrected chi connectivity index (χ3v) is 4.23. The van der Waals surface area contributed by atoms with Crippen LogP contribution in [-0.2, 0) is 10.0 Å². The Bertz CT molecular complexity index is 664. The van der Waals surface area contributed by atoms with Gasteiger partial charge in [0.15, 0.2) is 5.82 Å². The molecule has 4 N–H and O–H groups in total. The number of nitrogens with zero attached hydrogens (tertiary/aromatic N) is 1. The van der Waals surface area contributed by atoms with E-state index in [0.717, 1.165) is 4.47 Å². The van der Waals surface area contributed by atoms with Crippen LogP contribution in [0, 0.1) is 6.92 Å². The number of hydrogen-bond acceptors (Lipinski definition) is 4. The van der Waals surface area contributed by atoms with Crippen molar-refractivity contribution in [2.24, 2.45) is 0 Å². The molecule has 96 valence electrons. The fourth-order valence-electron chi connectivity index (χ4n) is 1.32. The van der Waals surface area contributed by atoms with Crippen molar-refractivity contribution in [1.82, 2.24) is 10.2 Å². The Kier molecular flexibility index (Phi) is 3.31. The molecule has 6 nitrogen and oxygen atoms in total.